The Morgan fingerprint density at radius 1 is 1.10 bits per heavy atom. The molecule has 14 heteroatoms. The minimum Gasteiger partial charge on any atom is -0.493 e. The highest BCUT2D eigenvalue weighted by Gasteiger charge is 2.36. The standard InChI is InChI=1S/C25H19F4N7O3/c1-34-8-7-20(33-34)16-10-17(19(26)11-18(16)25(27,28)29)23(38)31-21-9-14(13-35-22(37)12-30-24(35)39)32-36(21)15-5-3-2-4-6-15/h2-12,37H,13H2,1H3,(H,30,39)(H,31,38). The molecule has 0 bridgehead atoms. The second-order valence-corrected chi connectivity index (χ2v) is 8.51. The summed E-state index contributed by atoms with van der Waals surface area (Å²) >= 11 is 0. The Morgan fingerprint density at radius 3 is 2.46 bits per heavy atom. The summed E-state index contributed by atoms with van der Waals surface area (Å²) in [5.41, 5.74) is -2.34. The van der Waals surface area contributed by atoms with Gasteiger partial charge in [-0.3, -0.25) is 14.0 Å². The zero-order chi connectivity index (χ0) is 27.9. The van der Waals surface area contributed by atoms with Crippen molar-refractivity contribution in [3.8, 4) is 22.8 Å². The summed E-state index contributed by atoms with van der Waals surface area (Å²) in [7, 11) is 1.51. The topological polar surface area (TPSA) is 123 Å². The van der Waals surface area contributed by atoms with Crippen molar-refractivity contribution >= 4 is 11.7 Å². The second-order valence-electron chi connectivity index (χ2n) is 8.51. The minimum atomic E-state index is -4.90. The molecule has 1 amide bonds. The zero-order valence-corrected chi connectivity index (χ0v) is 20.1. The summed E-state index contributed by atoms with van der Waals surface area (Å²) in [4.78, 5) is 27.5. The van der Waals surface area contributed by atoms with E-state index in [0.717, 1.165) is 16.8 Å². The molecule has 0 saturated carbocycles. The van der Waals surface area contributed by atoms with Crippen LogP contribution in [-0.2, 0) is 19.8 Å². The first-order valence-corrected chi connectivity index (χ1v) is 11.3. The van der Waals surface area contributed by atoms with Gasteiger partial charge < -0.3 is 15.4 Å². The average Bonchev–Trinajstić information content (AvgIpc) is 3.59. The lowest BCUT2D eigenvalue weighted by Gasteiger charge is -2.15. The first kappa shape index (κ1) is 25.5. The fraction of sp³-hybridized carbons (Fsp3) is 0.120. The number of aromatic amines is 1. The Bertz CT molecular complexity index is 1730. The van der Waals surface area contributed by atoms with Crippen molar-refractivity contribution in [3.05, 3.63) is 100 Å². The van der Waals surface area contributed by atoms with Gasteiger partial charge in [-0.2, -0.15) is 23.4 Å². The van der Waals surface area contributed by atoms with E-state index in [1.54, 1.807) is 30.3 Å². The van der Waals surface area contributed by atoms with Crippen LogP contribution in [0.15, 0.2) is 71.8 Å². The number of imidazole rings is 1. The van der Waals surface area contributed by atoms with Crippen LogP contribution in [0.3, 0.4) is 0 Å². The maximum Gasteiger partial charge on any atom is 0.417 e. The molecule has 3 heterocycles. The van der Waals surface area contributed by atoms with Crippen LogP contribution in [0, 0.1) is 5.82 Å². The van der Waals surface area contributed by atoms with Gasteiger partial charge in [-0.05, 0) is 30.3 Å². The number of benzene rings is 2. The Balaban J connectivity index is 1.55. The number of nitrogens with one attached hydrogen (secondary N) is 2. The van der Waals surface area contributed by atoms with Crippen molar-refractivity contribution in [3.63, 3.8) is 0 Å². The Morgan fingerprint density at radius 2 is 1.85 bits per heavy atom. The number of anilines is 1. The lowest BCUT2D eigenvalue weighted by molar-refractivity contribution is -0.137. The zero-order valence-electron chi connectivity index (χ0n) is 20.1. The Kier molecular flexibility index (Phi) is 6.30. The summed E-state index contributed by atoms with van der Waals surface area (Å²) in [5, 5.41) is 20.8. The number of hydrogen-bond donors (Lipinski definition) is 3. The lowest BCUT2D eigenvalue weighted by Crippen LogP contribution is -2.18. The molecule has 2 aromatic carbocycles. The largest absolute Gasteiger partial charge is 0.493 e. The third-order valence-corrected chi connectivity index (χ3v) is 5.82. The third-order valence-electron chi connectivity index (χ3n) is 5.82. The molecule has 3 aromatic heterocycles. The van der Waals surface area contributed by atoms with E-state index in [-0.39, 0.29) is 35.7 Å². The van der Waals surface area contributed by atoms with Crippen molar-refractivity contribution in [2.24, 2.45) is 7.05 Å². The number of aromatic nitrogens is 6. The number of halogens is 4. The summed E-state index contributed by atoms with van der Waals surface area (Å²) < 4.78 is 59.6. The van der Waals surface area contributed by atoms with Crippen LogP contribution in [0.25, 0.3) is 16.9 Å². The van der Waals surface area contributed by atoms with Crippen LogP contribution in [-0.4, -0.2) is 40.1 Å². The van der Waals surface area contributed by atoms with E-state index in [1.807, 2.05) is 0 Å². The molecule has 0 aliphatic carbocycles. The van der Waals surface area contributed by atoms with Gasteiger partial charge in [0.05, 0.1) is 40.9 Å². The van der Waals surface area contributed by atoms with Gasteiger partial charge in [0.2, 0.25) is 5.88 Å². The number of aryl methyl sites for hydroxylation is 1. The van der Waals surface area contributed by atoms with Crippen LogP contribution in [0.4, 0.5) is 23.4 Å². The normalized spacial score (nSPS) is 11.6. The number of H-pyrrole nitrogens is 1. The number of rotatable bonds is 6. The van der Waals surface area contributed by atoms with E-state index in [1.165, 1.54) is 34.7 Å². The van der Waals surface area contributed by atoms with Crippen molar-refractivity contribution in [1.29, 1.82) is 0 Å². The number of carbonyl (C=O) groups excluding carboxylic acids is 1. The number of alkyl halides is 3. The van der Waals surface area contributed by atoms with Gasteiger partial charge in [-0.15, -0.1) is 0 Å². The molecule has 0 spiro atoms. The van der Waals surface area contributed by atoms with E-state index in [2.05, 4.69) is 20.5 Å². The first-order valence-electron chi connectivity index (χ1n) is 11.3. The smallest absolute Gasteiger partial charge is 0.417 e. The van der Waals surface area contributed by atoms with E-state index in [0.29, 0.717) is 5.69 Å². The highest BCUT2D eigenvalue weighted by molar-refractivity contribution is 6.05. The van der Waals surface area contributed by atoms with E-state index in [4.69, 9.17) is 0 Å². The maximum atomic E-state index is 14.9. The van der Waals surface area contributed by atoms with Crippen molar-refractivity contribution in [2.75, 3.05) is 5.32 Å². The molecule has 0 fully saturated rings. The second kappa shape index (κ2) is 9.63. The minimum absolute atomic E-state index is 0.0444. The molecular formula is C25H19F4N7O3. The monoisotopic (exact) mass is 541 g/mol. The molecule has 39 heavy (non-hydrogen) atoms. The van der Waals surface area contributed by atoms with Crippen LogP contribution >= 0.6 is 0 Å². The van der Waals surface area contributed by atoms with Gasteiger partial charge in [-0.1, -0.05) is 18.2 Å². The number of hydrogen-bond acceptors (Lipinski definition) is 5. The van der Waals surface area contributed by atoms with Gasteiger partial charge in [0.1, 0.15) is 11.6 Å². The number of para-hydroxylation sites is 1. The Labute approximate surface area is 216 Å². The number of aromatic hydroxyl groups is 1. The quantitative estimate of drug-likeness (QED) is 0.281. The SMILES string of the molecule is Cn1ccc(-c2cc(C(=O)Nc3cc(Cn4c(O)c[nH]c4=O)nn3-c3ccccc3)c(F)cc2C(F)(F)F)n1. The summed E-state index contributed by atoms with van der Waals surface area (Å²) in [6.45, 7) is -0.171. The van der Waals surface area contributed by atoms with Gasteiger partial charge in [0, 0.05) is 24.9 Å². The molecule has 0 aliphatic rings. The highest BCUT2D eigenvalue weighted by atomic mass is 19.4. The molecular weight excluding hydrogens is 522 g/mol. The molecule has 0 aliphatic heterocycles. The molecule has 0 atom stereocenters. The Hall–Kier alpha value is -5.14. The van der Waals surface area contributed by atoms with Crippen LogP contribution < -0.4 is 11.0 Å². The fourth-order valence-electron chi connectivity index (χ4n) is 4.00. The fourth-order valence-corrected chi connectivity index (χ4v) is 4.00. The van der Waals surface area contributed by atoms with Crippen LogP contribution in [0.2, 0.25) is 0 Å². The summed E-state index contributed by atoms with van der Waals surface area (Å²) in [6, 6.07) is 12.3. The van der Waals surface area contributed by atoms with Gasteiger partial charge in [0.15, 0.2) is 0 Å². The summed E-state index contributed by atoms with van der Waals surface area (Å²) in [5.74, 6) is -2.71. The molecule has 3 N–H and O–H groups in total. The van der Waals surface area contributed by atoms with Crippen molar-refractivity contribution in [2.45, 2.75) is 12.7 Å². The predicted octanol–water partition coefficient (Wildman–Crippen LogP) is 3.93. The molecule has 5 rings (SSSR count). The molecule has 0 saturated heterocycles. The average molecular weight is 541 g/mol. The molecule has 5 aromatic rings. The lowest BCUT2D eigenvalue weighted by atomic mass is 9.99. The van der Waals surface area contributed by atoms with Crippen molar-refractivity contribution < 1.29 is 27.5 Å². The van der Waals surface area contributed by atoms with Gasteiger partial charge in [0.25, 0.3) is 5.91 Å². The first-order chi connectivity index (χ1) is 18.5. The van der Waals surface area contributed by atoms with Gasteiger partial charge in [-0.25, -0.2) is 13.9 Å². The van der Waals surface area contributed by atoms with E-state index < -0.39 is 40.3 Å². The third kappa shape index (κ3) is 5.03. The molecule has 10 nitrogen and oxygen atoms in total. The molecule has 0 unspecified atom stereocenters. The molecule has 0 radical (unpaired) electrons. The molecule has 200 valence electrons. The number of nitrogens with zero attached hydrogens (tertiary/aromatic N) is 5. The van der Waals surface area contributed by atoms with Gasteiger partial charge >= 0.3 is 11.9 Å². The maximum absolute atomic E-state index is 14.9. The van der Waals surface area contributed by atoms with E-state index >= 15 is 0 Å². The highest BCUT2D eigenvalue weighted by Crippen LogP contribution is 2.38. The van der Waals surface area contributed by atoms with Crippen LogP contribution in [0.5, 0.6) is 5.88 Å². The predicted molar refractivity (Wildman–Crippen MR) is 131 cm³/mol. The number of carbonyl (C=O) groups is 1. The number of amides is 1. The summed E-state index contributed by atoms with van der Waals surface area (Å²) in [6.07, 6.45) is -2.37. The van der Waals surface area contributed by atoms with Crippen molar-refractivity contribution in [1.82, 2.24) is 29.1 Å². The van der Waals surface area contributed by atoms with Crippen LogP contribution in [0.1, 0.15) is 21.6 Å². The van der Waals surface area contributed by atoms with E-state index in [9.17, 15) is 32.3 Å².